The molecule has 0 N–H and O–H groups in total. The van der Waals surface area contributed by atoms with Gasteiger partial charge in [-0.15, -0.1) is 0 Å². The lowest BCUT2D eigenvalue weighted by molar-refractivity contribution is 0.277. The minimum Gasteiger partial charge on any atom is -0.300 e. The molecule has 0 aromatic carbocycles. The van der Waals surface area contributed by atoms with Gasteiger partial charge in [-0.05, 0) is 52.9 Å². The summed E-state index contributed by atoms with van der Waals surface area (Å²) in [5, 5.41) is 8.95. The molecule has 1 heterocycles. The SMILES string of the molecule is Cc1cccc(CN(C)CCC(C)(C)C#N)n1. The standard InChI is InChI=1S/C14H21N3/c1-12-6-5-7-13(16-12)10-17(4)9-8-14(2,3)11-15/h5-7H,8-10H2,1-4H3. The van der Waals surface area contributed by atoms with Gasteiger partial charge in [-0.3, -0.25) is 4.98 Å². The predicted octanol–water partition coefficient (Wildman–Crippen LogP) is 2.76. The summed E-state index contributed by atoms with van der Waals surface area (Å²) >= 11 is 0. The van der Waals surface area contributed by atoms with Crippen molar-refractivity contribution in [3.63, 3.8) is 0 Å². The largest absolute Gasteiger partial charge is 0.300 e. The molecule has 0 bridgehead atoms. The summed E-state index contributed by atoms with van der Waals surface area (Å²) in [6.07, 6.45) is 0.881. The molecular formula is C14H21N3. The maximum Gasteiger partial charge on any atom is 0.0684 e. The van der Waals surface area contributed by atoms with Crippen LogP contribution in [0.2, 0.25) is 0 Å². The summed E-state index contributed by atoms with van der Waals surface area (Å²) in [5.41, 5.74) is 1.89. The normalized spacial score (nSPS) is 11.5. The van der Waals surface area contributed by atoms with Crippen LogP contribution in [0.3, 0.4) is 0 Å². The van der Waals surface area contributed by atoms with E-state index in [1.165, 1.54) is 0 Å². The topological polar surface area (TPSA) is 39.9 Å². The van der Waals surface area contributed by atoms with Crippen LogP contribution < -0.4 is 0 Å². The van der Waals surface area contributed by atoms with E-state index in [1.54, 1.807) is 0 Å². The fraction of sp³-hybridized carbons (Fsp3) is 0.571. The molecule has 0 saturated heterocycles. The molecule has 0 radical (unpaired) electrons. The molecule has 1 rings (SSSR count). The lowest BCUT2D eigenvalue weighted by Crippen LogP contribution is -2.24. The second-order valence-electron chi connectivity index (χ2n) is 5.25. The predicted molar refractivity (Wildman–Crippen MR) is 69.3 cm³/mol. The van der Waals surface area contributed by atoms with Crippen molar-refractivity contribution >= 4 is 0 Å². The molecule has 17 heavy (non-hydrogen) atoms. The number of aromatic nitrogens is 1. The Bertz CT molecular complexity index is 404. The molecule has 0 atom stereocenters. The van der Waals surface area contributed by atoms with E-state index >= 15 is 0 Å². The van der Waals surface area contributed by atoms with Crippen LogP contribution in [0.25, 0.3) is 0 Å². The Morgan fingerprint density at radius 3 is 2.71 bits per heavy atom. The summed E-state index contributed by atoms with van der Waals surface area (Å²) in [7, 11) is 2.07. The highest BCUT2D eigenvalue weighted by molar-refractivity contribution is 5.09. The third kappa shape index (κ3) is 4.97. The third-order valence-electron chi connectivity index (χ3n) is 2.80. The van der Waals surface area contributed by atoms with Gasteiger partial charge in [0, 0.05) is 12.2 Å². The summed E-state index contributed by atoms with van der Waals surface area (Å²) in [6.45, 7) is 7.71. The molecule has 1 aromatic rings. The van der Waals surface area contributed by atoms with E-state index in [4.69, 9.17) is 5.26 Å². The molecule has 1 aromatic heterocycles. The second-order valence-corrected chi connectivity index (χ2v) is 5.25. The molecule has 0 spiro atoms. The zero-order chi connectivity index (χ0) is 12.9. The summed E-state index contributed by atoms with van der Waals surface area (Å²) < 4.78 is 0. The van der Waals surface area contributed by atoms with Crippen molar-refractivity contribution in [2.45, 2.75) is 33.7 Å². The lowest BCUT2D eigenvalue weighted by Gasteiger charge is -2.21. The third-order valence-corrected chi connectivity index (χ3v) is 2.80. The van der Waals surface area contributed by atoms with Gasteiger partial charge in [-0.1, -0.05) is 6.07 Å². The van der Waals surface area contributed by atoms with E-state index in [0.717, 1.165) is 30.9 Å². The van der Waals surface area contributed by atoms with Gasteiger partial charge in [0.2, 0.25) is 0 Å². The van der Waals surface area contributed by atoms with E-state index in [0.29, 0.717) is 0 Å². The van der Waals surface area contributed by atoms with Crippen molar-refractivity contribution in [2.75, 3.05) is 13.6 Å². The Hall–Kier alpha value is -1.40. The van der Waals surface area contributed by atoms with Gasteiger partial charge in [0.1, 0.15) is 0 Å². The quantitative estimate of drug-likeness (QED) is 0.782. The van der Waals surface area contributed by atoms with Gasteiger partial charge in [-0.2, -0.15) is 5.26 Å². The molecule has 92 valence electrons. The van der Waals surface area contributed by atoms with E-state index in [1.807, 2.05) is 39.0 Å². The molecule has 0 aliphatic heterocycles. The first-order chi connectivity index (χ1) is 7.93. The monoisotopic (exact) mass is 231 g/mol. The Kier molecular flexibility index (Phi) is 4.65. The van der Waals surface area contributed by atoms with Crippen LogP contribution in [0.15, 0.2) is 18.2 Å². The highest BCUT2D eigenvalue weighted by Gasteiger charge is 2.17. The Labute approximate surface area is 104 Å². The number of rotatable bonds is 5. The Balaban J connectivity index is 2.46. The minimum atomic E-state index is -0.242. The number of hydrogen-bond donors (Lipinski definition) is 0. The molecule has 0 unspecified atom stereocenters. The first-order valence-electron chi connectivity index (χ1n) is 5.95. The van der Waals surface area contributed by atoms with Crippen molar-refractivity contribution in [1.82, 2.24) is 9.88 Å². The van der Waals surface area contributed by atoms with E-state index < -0.39 is 0 Å². The number of pyridine rings is 1. The van der Waals surface area contributed by atoms with Gasteiger partial charge < -0.3 is 4.90 Å². The molecular weight excluding hydrogens is 210 g/mol. The first kappa shape index (κ1) is 13.7. The van der Waals surface area contributed by atoms with Crippen molar-refractivity contribution in [2.24, 2.45) is 5.41 Å². The van der Waals surface area contributed by atoms with Gasteiger partial charge in [0.05, 0.1) is 17.2 Å². The zero-order valence-electron chi connectivity index (χ0n) is 11.2. The molecule has 0 saturated carbocycles. The Morgan fingerprint density at radius 2 is 2.12 bits per heavy atom. The average Bonchev–Trinajstić information content (AvgIpc) is 2.27. The number of nitriles is 1. The van der Waals surface area contributed by atoms with E-state index in [-0.39, 0.29) is 5.41 Å². The van der Waals surface area contributed by atoms with Gasteiger partial charge in [0.25, 0.3) is 0 Å². The van der Waals surface area contributed by atoms with Crippen LogP contribution in [0.1, 0.15) is 31.7 Å². The lowest BCUT2D eigenvalue weighted by atomic mass is 9.91. The Morgan fingerprint density at radius 1 is 1.41 bits per heavy atom. The van der Waals surface area contributed by atoms with Gasteiger partial charge >= 0.3 is 0 Å². The maximum absolute atomic E-state index is 8.95. The van der Waals surface area contributed by atoms with Crippen molar-refractivity contribution in [3.05, 3.63) is 29.6 Å². The van der Waals surface area contributed by atoms with Crippen molar-refractivity contribution in [1.29, 1.82) is 5.26 Å². The highest BCUT2D eigenvalue weighted by atomic mass is 15.1. The molecule has 0 aliphatic rings. The van der Waals surface area contributed by atoms with Crippen molar-refractivity contribution in [3.8, 4) is 6.07 Å². The number of nitrogens with zero attached hydrogens (tertiary/aromatic N) is 3. The van der Waals surface area contributed by atoms with Crippen LogP contribution in [0, 0.1) is 23.7 Å². The maximum atomic E-state index is 8.95. The summed E-state index contributed by atoms with van der Waals surface area (Å²) in [4.78, 5) is 6.68. The second kappa shape index (κ2) is 5.79. The summed E-state index contributed by atoms with van der Waals surface area (Å²) in [6, 6.07) is 8.40. The molecule has 3 nitrogen and oxygen atoms in total. The van der Waals surface area contributed by atoms with Crippen LogP contribution in [0.4, 0.5) is 0 Å². The molecule has 0 fully saturated rings. The average molecular weight is 231 g/mol. The number of aryl methyl sites for hydroxylation is 1. The first-order valence-corrected chi connectivity index (χ1v) is 5.95. The van der Waals surface area contributed by atoms with Crippen molar-refractivity contribution < 1.29 is 0 Å². The van der Waals surface area contributed by atoms with Gasteiger partial charge in [0.15, 0.2) is 0 Å². The molecule has 0 aliphatic carbocycles. The smallest absolute Gasteiger partial charge is 0.0684 e. The number of hydrogen-bond acceptors (Lipinski definition) is 3. The fourth-order valence-corrected chi connectivity index (χ4v) is 1.57. The van der Waals surface area contributed by atoms with Crippen LogP contribution in [-0.4, -0.2) is 23.5 Å². The summed E-state index contributed by atoms with van der Waals surface area (Å²) in [5.74, 6) is 0. The van der Waals surface area contributed by atoms with Crippen LogP contribution in [0.5, 0.6) is 0 Å². The molecule has 0 amide bonds. The molecule has 3 heteroatoms. The minimum absolute atomic E-state index is 0.242. The van der Waals surface area contributed by atoms with E-state index in [9.17, 15) is 0 Å². The fourth-order valence-electron chi connectivity index (χ4n) is 1.57. The highest BCUT2D eigenvalue weighted by Crippen LogP contribution is 2.18. The van der Waals surface area contributed by atoms with Crippen LogP contribution in [-0.2, 0) is 6.54 Å². The van der Waals surface area contributed by atoms with E-state index in [2.05, 4.69) is 23.0 Å². The van der Waals surface area contributed by atoms with Crippen LogP contribution >= 0.6 is 0 Å². The van der Waals surface area contributed by atoms with Gasteiger partial charge in [-0.25, -0.2) is 0 Å². The zero-order valence-corrected chi connectivity index (χ0v) is 11.2.